The van der Waals surface area contributed by atoms with Crippen molar-refractivity contribution in [3.05, 3.63) is 11.9 Å². The van der Waals surface area contributed by atoms with Crippen molar-refractivity contribution in [3.63, 3.8) is 0 Å². The van der Waals surface area contributed by atoms with Crippen LogP contribution in [0.2, 0.25) is 0 Å². The minimum Gasteiger partial charge on any atom is -0.480 e. The van der Waals surface area contributed by atoms with Gasteiger partial charge in [0, 0.05) is 13.1 Å². The molecule has 2 aliphatic rings. The molecule has 2 N–H and O–H groups in total. The van der Waals surface area contributed by atoms with Crippen LogP contribution in [0.5, 0.6) is 0 Å². The van der Waals surface area contributed by atoms with E-state index in [-0.39, 0.29) is 36.0 Å². The van der Waals surface area contributed by atoms with Gasteiger partial charge < -0.3 is 15.3 Å². The zero-order valence-corrected chi connectivity index (χ0v) is 11.2. The Morgan fingerprint density at radius 3 is 3.05 bits per heavy atom. The fourth-order valence-electron chi connectivity index (χ4n) is 2.96. The van der Waals surface area contributed by atoms with Crippen molar-refractivity contribution in [2.24, 2.45) is 5.92 Å². The van der Waals surface area contributed by atoms with Crippen LogP contribution in [-0.4, -0.2) is 61.9 Å². The Balaban J connectivity index is 1.76. The summed E-state index contributed by atoms with van der Waals surface area (Å²) in [6.07, 6.45) is 2.87. The van der Waals surface area contributed by atoms with Crippen LogP contribution in [0.15, 0.2) is 6.20 Å². The number of hydrogen-bond acceptors (Lipinski definition) is 5. The van der Waals surface area contributed by atoms with Crippen molar-refractivity contribution in [1.29, 1.82) is 0 Å². The van der Waals surface area contributed by atoms with Crippen molar-refractivity contribution in [2.45, 2.75) is 25.4 Å². The van der Waals surface area contributed by atoms with Gasteiger partial charge in [-0.25, -0.2) is 4.68 Å². The van der Waals surface area contributed by atoms with Crippen molar-refractivity contribution in [1.82, 2.24) is 25.2 Å². The molecule has 112 valence electrons. The highest BCUT2D eigenvalue weighted by Gasteiger charge is 2.43. The number of piperidine rings is 1. The van der Waals surface area contributed by atoms with Gasteiger partial charge in [-0.2, -0.15) is 0 Å². The lowest BCUT2D eigenvalue weighted by atomic mass is 9.91. The number of carbonyl (C=O) groups is 3. The first kappa shape index (κ1) is 13.5. The second-order valence-electron chi connectivity index (χ2n) is 5.25. The fourth-order valence-corrected chi connectivity index (χ4v) is 2.96. The van der Waals surface area contributed by atoms with Crippen LogP contribution in [0.1, 0.15) is 23.3 Å². The smallest absolute Gasteiger partial charge is 0.325 e. The van der Waals surface area contributed by atoms with Gasteiger partial charge in [0.2, 0.25) is 5.91 Å². The second-order valence-corrected chi connectivity index (χ2v) is 5.25. The molecule has 0 saturated carbocycles. The van der Waals surface area contributed by atoms with E-state index in [1.54, 1.807) is 4.90 Å². The highest BCUT2D eigenvalue weighted by Crippen LogP contribution is 2.28. The lowest BCUT2D eigenvalue weighted by molar-refractivity contribution is -0.138. The van der Waals surface area contributed by atoms with E-state index < -0.39 is 5.97 Å². The van der Waals surface area contributed by atoms with Gasteiger partial charge in [0.25, 0.3) is 5.91 Å². The number of carboxylic acid groups (broad SMARTS) is 1. The molecule has 1 aromatic heterocycles. The average molecular weight is 293 g/mol. The standard InChI is InChI=1S/C12H15N5O4/c18-10(19)6-16-5-8(14-15-16)12(21)17-3-1-2-7-9(17)4-13-11(7)20/h5,7,9H,1-4,6H2,(H,13,20)(H,18,19). The van der Waals surface area contributed by atoms with Crippen LogP contribution >= 0.6 is 0 Å². The third kappa shape index (κ3) is 2.46. The molecule has 3 heterocycles. The predicted molar refractivity (Wildman–Crippen MR) is 68.2 cm³/mol. The normalized spacial score (nSPS) is 24.6. The second kappa shape index (κ2) is 5.15. The summed E-state index contributed by atoms with van der Waals surface area (Å²) in [5.74, 6) is -1.52. The monoisotopic (exact) mass is 293 g/mol. The van der Waals surface area contributed by atoms with Crippen molar-refractivity contribution < 1.29 is 19.5 Å². The molecule has 3 rings (SSSR count). The number of carbonyl (C=O) groups excluding carboxylic acids is 2. The van der Waals surface area contributed by atoms with Crippen LogP contribution < -0.4 is 5.32 Å². The Morgan fingerprint density at radius 2 is 2.29 bits per heavy atom. The molecule has 9 nitrogen and oxygen atoms in total. The predicted octanol–water partition coefficient (Wildman–Crippen LogP) is -1.29. The number of nitrogens with one attached hydrogen (secondary N) is 1. The SMILES string of the molecule is O=C(O)Cn1cc(C(=O)N2CCCC3C(=O)NCC32)nn1. The first-order valence-corrected chi connectivity index (χ1v) is 6.77. The fraction of sp³-hybridized carbons (Fsp3) is 0.583. The molecule has 2 saturated heterocycles. The van der Waals surface area contributed by atoms with Crippen LogP contribution in [0.3, 0.4) is 0 Å². The summed E-state index contributed by atoms with van der Waals surface area (Å²) in [7, 11) is 0. The average Bonchev–Trinajstić information content (AvgIpc) is 3.05. The molecule has 0 aromatic carbocycles. The van der Waals surface area contributed by atoms with E-state index in [0.717, 1.165) is 17.5 Å². The van der Waals surface area contributed by atoms with Crippen LogP contribution in [0, 0.1) is 5.92 Å². The molecule has 1 aromatic rings. The molecular formula is C12H15N5O4. The van der Waals surface area contributed by atoms with Gasteiger partial charge in [0.15, 0.2) is 5.69 Å². The molecule has 2 fully saturated rings. The molecule has 0 spiro atoms. The summed E-state index contributed by atoms with van der Waals surface area (Å²) >= 11 is 0. The molecule has 21 heavy (non-hydrogen) atoms. The van der Waals surface area contributed by atoms with Crippen molar-refractivity contribution in [2.75, 3.05) is 13.1 Å². The zero-order valence-electron chi connectivity index (χ0n) is 11.2. The van der Waals surface area contributed by atoms with Gasteiger partial charge in [-0.3, -0.25) is 14.4 Å². The van der Waals surface area contributed by atoms with Crippen LogP contribution in [0.25, 0.3) is 0 Å². The number of likely N-dealkylation sites (tertiary alicyclic amines) is 1. The number of amides is 2. The van der Waals surface area contributed by atoms with Crippen LogP contribution in [-0.2, 0) is 16.1 Å². The Labute approximate surface area is 119 Å². The summed E-state index contributed by atoms with van der Waals surface area (Å²) < 4.78 is 1.11. The molecule has 2 amide bonds. The molecule has 2 unspecified atom stereocenters. The third-order valence-electron chi connectivity index (χ3n) is 3.92. The molecule has 0 bridgehead atoms. The van der Waals surface area contributed by atoms with E-state index in [2.05, 4.69) is 15.6 Å². The van der Waals surface area contributed by atoms with Crippen LogP contribution in [0.4, 0.5) is 0 Å². The van der Waals surface area contributed by atoms with E-state index in [1.807, 2.05) is 0 Å². The van der Waals surface area contributed by atoms with Crippen molar-refractivity contribution in [3.8, 4) is 0 Å². The molecule has 9 heteroatoms. The molecule has 2 atom stereocenters. The minimum atomic E-state index is -1.05. The Bertz CT molecular complexity index is 598. The van der Waals surface area contributed by atoms with E-state index in [9.17, 15) is 14.4 Å². The zero-order chi connectivity index (χ0) is 15.0. The van der Waals surface area contributed by atoms with Gasteiger partial charge in [0.1, 0.15) is 6.54 Å². The molecule has 0 aliphatic carbocycles. The Morgan fingerprint density at radius 1 is 1.48 bits per heavy atom. The van der Waals surface area contributed by atoms with Gasteiger partial charge in [-0.1, -0.05) is 5.21 Å². The first-order valence-electron chi connectivity index (χ1n) is 6.77. The Kier molecular flexibility index (Phi) is 3.32. The van der Waals surface area contributed by atoms with Gasteiger partial charge in [-0.05, 0) is 12.8 Å². The maximum absolute atomic E-state index is 12.5. The summed E-state index contributed by atoms with van der Waals surface area (Å²) in [5.41, 5.74) is 0.108. The van der Waals surface area contributed by atoms with Gasteiger partial charge >= 0.3 is 5.97 Å². The number of aromatic nitrogens is 3. The maximum Gasteiger partial charge on any atom is 0.325 e. The lowest BCUT2D eigenvalue weighted by Gasteiger charge is -2.35. The summed E-state index contributed by atoms with van der Waals surface area (Å²) in [4.78, 5) is 36.4. The summed E-state index contributed by atoms with van der Waals surface area (Å²) in [6.45, 7) is 0.686. The topological polar surface area (TPSA) is 117 Å². The highest BCUT2D eigenvalue weighted by molar-refractivity contribution is 5.93. The first-order chi connectivity index (χ1) is 10.1. The number of rotatable bonds is 3. The van der Waals surface area contributed by atoms with E-state index >= 15 is 0 Å². The highest BCUT2D eigenvalue weighted by atomic mass is 16.4. The summed E-state index contributed by atoms with van der Waals surface area (Å²) in [6, 6.07) is -0.150. The summed E-state index contributed by atoms with van der Waals surface area (Å²) in [5, 5.41) is 18.8. The third-order valence-corrected chi connectivity index (χ3v) is 3.92. The molecule has 0 radical (unpaired) electrons. The Hall–Kier alpha value is -2.45. The van der Waals surface area contributed by atoms with Gasteiger partial charge in [0.05, 0.1) is 18.2 Å². The van der Waals surface area contributed by atoms with E-state index in [1.165, 1.54) is 6.20 Å². The quantitative estimate of drug-likeness (QED) is 0.716. The van der Waals surface area contributed by atoms with Gasteiger partial charge in [-0.15, -0.1) is 5.10 Å². The van der Waals surface area contributed by atoms with E-state index in [0.29, 0.717) is 13.1 Å². The number of fused-ring (bicyclic) bond motifs is 1. The molecular weight excluding hydrogens is 278 g/mol. The lowest BCUT2D eigenvalue weighted by Crippen LogP contribution is -2.48. The number of hydrogen-bond donors (Lipinski definition) is 2. The number of carboxylic acids is 1. The maximum atomic E-state index is 12.5. The molecule has 2 aliphatic heterocycles. The number of aliphatic carboxylic acids is 1. The minimum absolute atomic E-state index is 0.00738. The largest absolute Gasteiger partial charge is 0.480 e. The van der Waals surface area contributed by atoms with Crippen molar-refractivity contribution >= 4 is 17.8 Å². The number of nitrogens with zero attached hydrogens (tertiary/aromatic N) is 4. The van der Waals surface area contributed by atoms with E-state index in [4.69, 9.17) is 5.11 Å².